The molecule has 0 bridgehead atoms. The van der Waals surface area contributed by atoms with Crippen LogP contribution in [0.5, 0.6) is 11.5 Å². The molecular formula is C21H21N3O5S. The Bertz CT molecular complexity index is 1340. The molecule has 1 N–H and O–H groups in total. The molecule has 0 aliphatic rings. The van der Waals surface area contributed by atoms with Crippen molar-refractivity contribution in [1.82, 2.24) is 4.57 Å². The van der Waals surface area contributed by atoms with Crippen molar-refractivity contribution >= 4 is 26.6 Å². The second-order valence-corrected chi connectivity index (χ2v) is 8.27. The zero-order chi connectivity index (χ0) is 22.1. The summed E-state index contributed by atoms with van der Waals surface area (Å²) in [5, 5.41) is 9.76. The van der Waals surface area contributed by atoms with Gasteiger partial charge in [0.05, 0.1) is 36.6 Å². The maximum absolute atomic E-state index is 13.1. The van der Waals surface area contributed by atoms with Crippen LogP contribution in [0.4, 0.5) is 5.69 Å². The first kappa shape index (κ1) is 21.2. The molecule has 0 radical (unpaired) electrons. The number of fused-ring (bicyclic) bond motifs is 1. The third kappa shape index (κ3) is 3.82. The molecule has 1 aromatic heterocycles. The lowest BCUT2D eigenvalue weighted by molar-refractivity contribution is 0.331. The molecule has 0 spiro atoms. The molecule has 0 aliphatic carbocycles. The van der Waals surface area contributed by atoms with E-state index in [2.05, 4.69) is 4.72 Å². The van der Waals surface area contributed by atoms with Crippen LogP contribution in [0, 0.1) is 18.3 Å². The van der Waals surface area contributed by atoms with E-state index in [1.165, 1.54) is 29.9 Å². The molecule has 9 heteroatoms. The monoisotopic (exact) mass is 427 g/mol. The minimum atomic E-state index is -4.05. The zero-order valence-corrected chi connectivity index (χ0v) is 17.8. The molecule has 30 heavy (non-hydrogen) atoms. The second kappa shape index (κ2) is 8.08. The molecule has 156 valence electrons. The number of rotatable bonds is 6. The lowest BCUT2D eigenvalue weighted by Gasteiger charge is -2.16. The summed E-state index contributed by atoms with van der Waals surface area (Å²) in [4.78, 5) is 12.1. The van der Waals surface area contributed by atoms with Crippen LogP contribution in [0.1, 0.15) is 18.1 Å². The van der Waals surface area contributed by atoms with Gasteiger partial charge in [0.15, 0.2) is 0 Å². The summed E-state index contributed by atoms with van der Waals surface area (Å²) >= 11 is 0. The van der Waals surface area contributed by atoms with Crippen LogP contribution in [0.3, 0.4) is 0 Å². The zero-order valence-electron chi connectivity index (χ0n) is 17.0. The smallest absolute Gasteiger partial charge is 0.265 e. The molecule has 0 unspecified atom stereocenters. The Balaban J connectivity index is 2.14. The van der Waals surface area contributed by atoms with Crippen LogP contribution < -0.4 is 19.8 Å². The number of methoxy groups -OCH3 is 1. The number of nitrogens with zero attached hydrogens (tertiary/aromatic N) is 2. The van der Waals surface area contributed by atoms with Crippen LogP contribution in [0.25, 0.3) is 10.9 Å². The van der Waals surface area contributed by atoms with Gasteiger partial charge in [0.25, 0.3) is 15.6 Å². The Kier molecular flexibility index (Phi) is 5.71. The number of nitrogens with one attached hydrogen (secondary N) is 1. The van der Waals surface area contributed by atoms with Gasteiger partial charge in [-0.2, -0.15) is 5.26 Å². The highest BCUT2D eigenvalue weighted by Gasteiger charge is 2.22. The minimum Gasteiger partial charge on any atom is -0.494 e. The van der Waals surface area contributed by atoms with E-state index in [9.17, 15) is 13.2 Å². The SMILES string of the molecule is CCOc1cc(C#N)ccc1S(=O)(=O)Nc1cc2cc(C)c(=O)n(C)c2cc1OC. The van der Waals surface area contributed by atoms with Crippen molar-refractivity contribution < 1.29 is 17.9 Å². The van der Waals surface area contributed by atoms with E-state index >= 15 is 0 Å². The van der Waals surface area contributed by atoms with Crippen molar-refractivity contribution in [2.24, 2.45) is 7.05 Å². The fourth-order valence-electron chi connectivity index (χ4n) is 3.18. The van der Waals surface area contributed by atoms with Gasteiger partial charge in [0.2, 0.25) is 0 Å². The Morgan fingerprint density at radius 1 is 1.17 bits per heavy atom. The molecular weight excluding hydrogens is 406 g/mol. The summed E-state index contributed by atoms with van der Waals surface area (Å²) in [5.74, 6) is 0.346. The van der Waals surface area contributed by atoms with Crippen molar-refractivity contribution in [2.75, 3.05) is 18.4 Å². The predicted molar refractivity (Wildman–Crippen MR) is 114 cm³/mol. The van der Waals surface area contributed by atoms with Gasteiger partial charge in [0.1, 0.15) is 16.4 Å². The summed E-state index contributed by atoms with van der Waals surface area (Å²) in [6.45, 7) is 3.66. The highest BCUT2D eigenvalue weighted by atomic mass is 32.2. The van der Waals surface area contributed by atoms with E-state index in [1.807, 2.05) is 6.07 Å². The topological polar surface area (TPSA) is 110 Å². The van der Waals surface area contributed by atoms with Gasteiger partial charge in [-0.15, -0.1) is 0 Å². The molecule has 0 saturated carbocycles. The first-order valence-electron chi connectivity index (χ1n) is 9.10. The summed E-state index contributed by atoms with van der Waals surface area (Å²) in [5.41, 5.74) is 1.51. The van der Waals surface area contributed by atoms with E-state index in [-0.39, 0.29) is 39.8 Å². The summed E-state index contributed by atoms with van der Waals surface area (Å²) in [7, 11) is -0.994. The maximum atomic E-state index is 13.1. The lowest BCUT2D eigenvalue weighted by Crippen LogP contribution is -2.19. The minimum absolute atomic E-state index is 0.0852. The lowest BCUT2D eigenvalue weighted by atomic mass is 10.1. The highest BCUT2D eigenvalue weighted by Crippen LogP contribution is 2.33. The van der Waals surface area contributed by atoms with Crippen molar-refractivity contribution in [3.63, 3.8) is 0 Å². The third-order valence-electron chi connectivity index (χ3n) is 4.63. The molecule has 0 atom stereocenters. The predicted octanol–water partition coefficient (Wildman–Crippen LogP) is 2.93. The van der Waals surface area contributed by atoms with Crippen LogP contribution in [0.2, 0.25) is 0 Å². The van der Waals surface area contributed by atoms with Gasteiger partial charge in [-0.1, -0.05) is 0 Å². The number of nitriles is 1. The quantitative estimate of drug-likeness (QED) is 0.648. The van der Waals surface area contributed by atoms with E-state index in [4.69, 9.17) is 14.7 Å². The standard InChI is InChI=1S/C21H21N3O5S/c1-5-29-19-9-14(12-22)6-7-20(19)30(26,27)23-16-10-15-8-13(2)21(25)24(3)17(15)11-18(16)28-4/h6-11,23H,5H2,1-4H3. The van der Waals surface area contributed by atoms with Crippen LogP contribution in [0.15, 0.2) is 46.1 Å². The highest BCUT2D eigenvalue weighted by molar-refractivity contribution is 7.92. The number of hydrogen-bond donors (Lipinski definition) is 1. The fourth-order valence-corrected chi connectivity index (χ4v) is 4.37. The number of aromatic nitrogens is 1. The van der Waals surface area contributed by atoms with Gasteiger partial charge in [-0.05, 0) is 44.2 Å². The fraction of sp³-hybridized carbons (Fsp3) is 0.238. The third-order valence-corrected chi connectivity index (χ3v) is 6.04. The van der Waals surface area contributed by atoms with Crippen molar-refractivity contribution in [3.8, 4) is 17.6 Å². The molecule has 3 aromatic rings. The van der Waals surface area contributed by atoms with Crippen molar-refractivity contribution in [2.45, 2.75) is 18.7 Å². The van der Waals surface area contributed by atoms with Gasteiger partial charge < -0.3 is 14.0 Å². The molecule has 3 rings (SSSR count). The van der Waals surface area contributed by atoms with E-state index in [0.717, 1.165) is 0 Å². The largest absolute Gasteiger partial charge is 0.494 e. The molecule has 0 fully saturated rings. The van der Waals surface area contributed by atoms with E-state index < -0.39 is 10.0 Å². The van der Waals surface area contributed by atoms with Crippen LogP contribution in [-0.2, 0) is 17.1 Å². The summed E-state index contributed by atoms with van der Waals surface area (Å²) in [6.07, 6.45) is 0. The first-order chi connectivity index (χ1) is 14.2. The van der Waals surface area contributed by atoms with E-state index in [0.29, 0.717) is 16.5 Å². The number of benzene rings is 2. The summed E-state index contributed by atoms with van der Waals surface area (Å²) in [6, 6.07) is 11.0. The molecule has 8 nitrogen and oxygen atoms in total. The van der Waals surface area contributed by atoms with Gasteiger partial charge in [-0.25, -0.2) is 8.42 Å². The molecule has 1 heterocycles. The van der Waals surface area contributed by atoms with Crippen molar-refractivity contribution in [1.29, 1.82) is 5.26 Å². The van der Waals surface area contributed by atoms with Gasteiger partial charge >= 0.3 is 0 Å². The molecule has 0 amide bonds. The number of hydrogen-bond acceptors (Lipinski definition) is 6. The molecule has 0 aliphatic heterocycles. The van der Waals surface area contributed by atoms with E-state index in [1.54, 1.807) is 39.1 Å². The molecule has 0 saturated heterocycles. The van der Waals surface area contributed by atoms with Crippen LogP contribution in [-0.4, -0.2) is 26.7 Å². The maximum Gasteiger partial charge on any atom is 0.265 e. The average Bonchev–Trinajstić information content (AvgIpc) is 2.71. The summed E-state index contributed by atoms with van der Waals surface area (Å²) < 4.78 is 41.0. The number of pyridine rings is 1. The second-order valence-electron chi connectivity index (χ2n) is 6.61. The Labute approximate surface area is 174 Å². The number of sulfonamides is 1. The Morgan fingerprint density at radius 2 is 1.90 bits per heavy atom. The number of aryl methyl sites for hydroxylation is 2. The van der Waals surface area contributed by atoms with Gasteiger partial charge in [-0.3, -0.25) is 9.52 Å². The number of anilines is 1. The first-order valence-corrected chi connectivity index (χ1v) is 10.6. The Morgan fingerprint density at radius 3 is 2.53 bits per heavy atom. The average molecular weight is 427 g/mol. The Hall–Kier alpha value is -3.51. The normalized spacial score (nSPS) is 11.2. The molecule has 2 aromatic carbocycles. The number of ether oxygens (including phenoxy) is 2. The van der Waals surface area contributed by atoms with Crippen molar-refractivity contribution in [3.05, 3.63) is 57.9 Å². The van der Waals surface area contributed by atoms with Crippen LogP contribution >= 0.6 is 0 Å². The van der Waals surface area contributed by atoms with Gasteiger partial charge in [0, 0.05) is 24.1 Å².